The van der Waals surface area contributed by atoms with E-state index in [2.05, 4.69) is 4.99 Å². The van der Waals surface area contributed by atoms with Crippen molar-refractivity contribution in [2.75, 3.05) is 24.9 Å². The first kappa shape index (κ1) is 23.4. The van der Waals surface area contributed by atoms with Crippen molar-refractivity contribution in [3.05, 3.63) is 57.4 Å². The molecule has 0 aliphatic carbocycles. The van der Waals surface area contributed by atoms with Crippen molar-refractivity contribution in [1.29, 1.82) is 0 Å². The van der Waals surface area contributed by atoms with Crippen molar-refractivity contribution in [2.24, 2.45) is 4.99 Å². The van der Waals surface area contributed by atoms with E-state index in [0.29, 0.717) is 17.8 Å². The molecule has 1 heterocycles. The van der Waals surface area contributed by atoms with E-state index in [1.807, 2.05) is 35.1 Å². The number of hydrogen-bond donors (Lipinski definition) is 0. The van der Waals surface area contributed by atoms with Gasteiger partial charge in [0.2, 0.25) is 5.91 Å². The largest absolute Gasteiger partial charge is 0.497 e. The number of carbonyl (C=O) groups excluding carboxylic acids is 1. The Balaban J connectivity index is 1.68. The maximum Gasteiger partial charge on any atom is 0.270 e. The number of thioether (sulfide) groups is 2. The topological polar surface area (TPSA) is 86.7 Å². The summed E-state index contributed by atoms with van der Waals surface area (Å²) < 4.78 is 7.89. The standard InChI is InChI=1S/C21H23N3O4S3/c1-28-16-6-8-17(9-7-16)30-12-3-4-20(25)22-21-23(11-13-29-2)18-10-5-15(24(26)27)14-19(18)31-21/h5-10,14H,3-4,11-13H2,1-2H3. The van der Waals surface area contributed by atoms with E-state index >= 15 is 0 Å². The minimum absolute atomic E-state index is 0.0409. The summed E-state index contributed by atoms with van der Waals surface area (Å²) in [5.74, 6) is 2.33. The summed E-state index contributed by atoms with van der Waals surface area (Å²) in [7, 11) is 1.64. The highest BCUT2D eigenvalue weighted by Crippen LogP contribution is 2.24. The second-order valence-corrected chi connectivity index (χ2v) is 9.73. The molecular formula is C21H23N3O4S3. The van der Waals surface area contributed by atoms with Crippen LogP contribution in [0.4, 0.5) is 5.69 Å². The smallest absolute Gasteiger partial charge is 0.270 e. The Labute approximate surface area is 192 Å². The number of amides is 1. The lowest BCUT2D eigenvalue weighted by molar-refractivity contribution is -0.384. The van der Waals surface area contributed by atoms with Crippen molar-refractivity contribution in [3.63, 3.8) is 0 Å². The molecule has 7 nitrogen and oxygen atoms in total. The Morgan fingerprint density at radius 3 is 2.68 bits per heavy atom. The Kier molecular flexibility index (Phi) is 8.56. The van der Waals surface area contributed by atoms with E-state index in [0.717, 1.165) is 38.8 Å². The van der Waals surface area contributed by atoms with Gasteiger partial charge >= 0.3 is 0 Å². The molecule has 31 heavy (non-hydrogen) atoms. The van der Waals surface area contributed by atoms with E-state index in [-0.39, 0.29) is 11.6 Å². The van der Waals surface area contributed by atoms with Crippen LogP contribution in [0.2, 0.25) is 0 Å². The molecule has 0 saturated carbocycles. The highest BCUT2D eigenvalue weighted by atomic mass is 32.2. The third-order valence-corrected chi connectivity index (χ3v) is 7.21. The molecule has 1 amide bonds. The average molecular weight is 478 g/mol. The first-order valence-corrected chi connectivity index (χ1v) is 12.8. The highest BCUT2D eigenvalue weighted by molar-refractivity contribution is 7.99. The third kappa shape index (κ3) is 6.34. The summed E-state index contributed by atoms with van der Waals surface area (Å²) in [6, 6.07) is 12.6. The Bertz CT molecular complexity index is 1120. The third-order valence-electron chi connectivity index (χ3n) is 4.48. The number of aromatic nitrogens is 1. The summed E-state index contributed by atoms with van der Waals surface area (Å²) in [6.45, 7) is 0.693. The molecule has 0 unspecified atom stereocenters. The Hall–Kier alpha value is -2.30. The quantitative estimate of drug-likeness (QED) is 0.177. The Morgan fingerprint density at radius 1 is 1.23 bits per heavy atom. The van der Waals surface area contributed by atoms with Crippen molar-refractivity contribution >= 4 is 56.7 Å². The van der Waals surface area contributed by atoms with Crippen molar-refractivity contribution in [1.82, 2.24) is 4.57 Å². The Morgan fingerprint density at radius 2 is 2.00 bits per heavy atom. The van der Waals surface area contributed by atoms with Crippen LogP contribution >= 0.6 is 34.9 Å². The van der Waals surface area contributed by atoms with Gasteiger partial charge in [-0.2, -0.15) is 16.8 Å². The number of methoxy groups -OCH3 is 1. The lowest BCUT2D eigenvalue weighted by atomic mass is 10.3. The minimum Gasteiger partial charge on any atom is -0.497 e. The summed E-state index contributed by atoms with van der Waals surface area (Å²) in [5, 5.41) is 11.1. The molecule has 0 atom stereocenters. The van der Waals surface area contributed by atoms with Gasteiger partial charge in [0.05, 0.1) is 22.2 Å². The average Bonchev–Trinajstić information content (AvgIpc) is 3.11. The van der Waals surface area contributed by atoms with E-state index < -0.39 is 4.92 Å². The lowest BCUT2D eigenvalue weighted by Crippen LogP contribution is -2.18. The number of carbonyl (C=O) groups is 1. The molecule has 0 saturated heterocycles. The summed E-state index contributed by atoms with van der Waals surface area (Å²) in [5.41, 5.74) is 0.908. The number of ether oxygens (including phenoxy) is 1. The van der Waals surface area contributed by atoms with Crippen LogP contribution in [-0.4, -0.2) is 40.3 Å². The van der Waals surface area contributed by atoms with Crippen molar-refractivity contribution in [2.45, 2.75) is 24.3 Å². The first-order valence-electron chi connectivity index (χ1n) is 9.63. The number of nitrogens with zero attached hydrogens (tertiary/aromatic N) is 3. The van der Waals surface area contributed by atoms with Gasteiger partial charge < -0.3 is 9.30 Å². The molecule has 0 bridgehead atoms. The molecule has 10 heteroatoms. The number of fused-ring (bicyclic) bond motifs is 1. The van der Waals surface area contributed by atoms with Gasteiger partial charge in [-0.15, -0.1) is 11.8 Å². The number of thiazole rings is 1. The van der Waals surface area contributed by atoms with Crippen LogP contribution in [0.3, 0.4) is 0 Å². The molecule has 1 aromatic heterocycles. The van der Waals surface area contributed by atoms with Crippen molar-refractivity contribution < 1.29 is 14.5 Å². The molecule has 164 valence electrons. The predicted octanol–water partition coefficient (Wildman–Crippen LogP) is 4.98. The summed E-state index contributed by atoms with van der Waals surface area (Å²) in [6.07, 6.45) is 3.10. The van der Waals surface area contributed by atoms with Crippen molar-refractivity contribution in [3.8, 4) is 5.75 Å². The number of nitro groups is 1. The molecular weight excluding hydrogens is 454 g/mol. The highest BCUT2D eigenvalue weighted by Gasteiger charge is 2.12. The monoisotopic (exact) mass is 477 g/mol. The van der Waals surface area contributed by atoms with Crippen LogP contribution in [0.1, 0.15) is 12.8 Å². The SMILES string of the molecule is COc1ccc(SCCCC(=O)N=c2sc3cc([N+](=O)[O-])ccc3n2CCSC)cc1. The van der Waals surface area contributed by atoms with E-state index in [9.17, 15) is 14.9 Å². The molecule has 2 aromatic carbocycles. The number of benzene rings is 2. The van der Waals surface area contributed by atoms with Crippen LogP contribution in [0.5, 0.6) is 5.75 Å². The number of non-ortho nitro benzene ring substituents is 1. The fraction of sp³-hybridized carbons (Fsp3) is 0.333. The maximum atomic E-state index is 12.5. The van der Waals surface area contributed by atoms with Crippen LogP contribution in [0, 0.1) is 10.1 Å². The fourth-order valence-electron chi connectivity index (χ4n) is 2.91. The van der Waals surface area contributed by atoms with Gasteiger partial charge in [0.25, 0.3) is 5.69 Å². The lowest BCUT2D eigenvalue weighted by Gasteiger charge is -2.04. The zero-order chi connectivity index (χ0) is 22.2. The number of nitro benzene ring substituents is 1. The van der Waals surface area contributed by atoms with Gasteiger partial charge in [0, 0.05) is 35.7 Å². The molecule has 0 radical (unpaired) electrons. The number of aryl methyl sites for hydroxylation is 1. The second kappa shape index (κ2) is 11.4. The molecule has 3 rings (SSSR count). The molecule has 0 spiro atoms. The number of hydrogen-bond acceptors (Lipinski definition) is 7. The second-order valence-electron chi connectivity index (χ2n) is 6.57. The maximum absolute atomic E-state index is 12.5. The fourth-order valence-corrected chi connectivity index (χ4v) is 5.23. The van der Waals surface area contributed by atoms with Crippen LogP contribution in [0.15, 0.2) is 52.4 Å². The van der Waals surface area contributed by atoms with Gasteiger partial charge in [-0.3, -0.25) is 14.9 Å². The molecule has 0 aliphatic heterocycles. The van der Waals surface area contributed by atoms with E-state index in [1.165, 1.54) is 17.4 Å². The van der Waals surface area contributed by atoms with Crippen LogP contribution in [-0.2, 0) is 11.3 Å². The number of rotatable bonds is 10. The van der Waals surface area contributed by atoms with Gasteiger partial charge in [-0.25, -0.2) is 0 Å². The van der Waals surface area contributed by atoms with E-state index in [1.54, 1.807) is 42.8 Å². The predicted molar refractivity (Wildman–Crippen MR) is 128 cm³/mol. The molecule has 3 aromatic rings. The molecule has 0 N–H and O–H groups in total. The minimum atomic E-state index is -0.409. The summed E-state index contributed by atoms with van der Waals surface area (Å²) in [4.78, 5) is 29.2. The van der Waals surface area contributed by atoms with Gasteiger partial charge in [-0.05, 0) is 48.8 Å². The zero-order valence-corrected chi connectivity index (χ0v) is 19.7. The van der Waals surface area contributed by atoms with Gasteiger partial charge in [-0.1, -0.05) is 11.3 Å². The normalized spacial score (nSPS) is 11.7. The first-order chi connectivity index (χ1) is 15.0. The van der Waals surface area contributed by atoms with Crippen LogP contribution < -0.4 is 9.54 Å². The molecule has 0 fully saturated rings. The van der Waals surface area contributed by atoms with Gasteiger partial charge in [0.15, 0.2) is 4.80 Å². The van der Waals surface area contributed by atoms with E-state index in [4.69, 9.17) is 4.74 Å². The van der Waals surface area contributed by atoms with Gasteiger partial charge in [0.1, 0.15) is 5.75 Å². The molecule has 0 aliphatic rings. The van der Waals surface area contributed by atoms with Crippen LogP contribution in [0.25, 0.3) is 10.2 Å². The summed E-state index contributed by atoms with van der Waals surface area (Å²) >= 11 is 4.71. The zero-order valence-electron chi connectivity index (χ0n) is 17.3.